The molecule has 0 aromatic carbocycles. The molecule has 0 aliphatic heterocycles. The van der Waals surface area contributed by atoms with E-state index in [2.05, 4.69) is 27.8 Å². The summed E-state index contributed by atoms with van der Waals surface area (Å²) in [6.45, 7) is 3.08. The Kier molecular flexibility index (Phi) is 6.44. The number of carbonyl (C=O) groups excluding carboxylic acids is 1. The Balaban J connectivity index is 1.78. The van der Waals surface area contributed by atoms with Gasteiger partial charge in [-0.05, 0) is 31.4 Å². The lowest BCUT2D eigenvalue weighted by Gasteiger charge is -2.22. The molecule has 1 fully saturated rings. The summed E-state index contributed by atoms with van der Waals surface area (Å²) >= 11 is 0. The lowest BCUT2D eigenvalue weighted by atomic mass is 9.95. The van der Waals surface area contributed by atoms with Crippen LogP contribution in [-0.4, -0.2) is 28.7 Å². The SMILES string of the molecule is CCCCCNc1ccc(C(=O)NC2CCCCC2)nn1. The van der Waals surface area contributed by atoms with E-state index in [1.165, 1.54) is 32.1 Å². The molecule has 1 amide bonds. The van der Waals surface area contributed by atoms with Crippen molar-refractivity contribution in [2.45, 2.75) is 64.3 Å². The van der Waals surface area contributed by atoms with Gasteiger partial charge in [-0.1, -0.05) is 39.0 Å². The summed E-state index contributed by atoms with van der Waals surface area (Å²) in [5.41, 5.74) is 0.402. The molecule has 0 spiro atoms. The van der Waals surface area contributed by atoms with E-state index in [0.717, 1.165) is 31.6 Å². The molecule has 0 radical (unpaired) electrons. The molecular formula is C16H26N4O. The first-order valence-corrected chi connectivity index (χ1v) is 8.18. The third-order valence-corrected chi connectivity index (χ3v) is 3.92. The number of aromatic nitrogens is 2. The molecule has 1 heterocycles. The fraction of sp³-hybridized carbons (Fsp3) is 0.688. The van der Waals surface area contributed by atoms with Gasteiger partial charge in [-0.25, -0.2) is 0 Å². The van der Waals surface area contributed by atoms with Crippen molar-refractivity contribution < 1.29 is 4.79 Å². The molecule has 1 saturated carbocycles. The van der Waals surface area contributed by atoms with Gasteiger partial charge in [0, 0.05) is 12.6 Å². The van der Waals surface area contributed by atoms with Gasteiger partial charge in [0.05, 0.1) is 0 Å². The summed E-state index contributed by atoms with van der Waals surface area (Å²) in [6.07, 6.45) is 9.39. The molecule has 1 aromatic rings. The molecule has 0 atom stereocenters. The molecule has 5 heteroatoms. The second kappa shape index (κ2) is 8.60. The summed E-state index contributed by atoms with van der Waals surface area (Å²) in [5.74, 6) is 0.632. The maximum atomic E-state index is 12.1. The molecule has 0 saturated heterocycles. The first-order valence-electron chi connectivity index (χ1n) is 8.18. The maximum absolute atomic E-state index is 12.1. The number of unbranched alkanes of at least 4 members (excludes halogenated alkanes) is 2. The van der Waals surface area contributed by atoms with Gasteiger partial charge in [0.25, 0.3) is 5.91 Å². The van der Waals surface area contributed by atoms with Crippen LogP contribution in [0.25, 0.3) is 0 Å². The van der Waals surface area contributed by atoms with Crippen LogP contribution in [0.5, 0.6) is 0 Å². The summed E-state index contributed by atoms with van der Waals surface area (Å²) in [5, 5.41) is 14.4. The van der Waals surface area contributed by atoms with Gasteiger partial charge in [0.1, 0.15) is 5.82 Å². The largest absolute Gasteiger partial charge is 0.369 e. The predicted molar refractivity (Wildman–Crippen MR) is 84.4 cm³/mol. The quantitative estimate of drug-likeness (QED) is 0.757. The van der Waals surface area contributed by atoms with Crippen LogP contribution in [0.15, 0.2) is 12.1 Å². The molecule has 1 aliphatic carbocycles. The minimum atomic E-state index is -0.105. The molecule has 116 valence electrons. The second-order valence-corrected chi connectivity index (χ2v) is 5.75. The molecule has 1 aromatic heterocycles. The van der Waals surface area contributed by atoms with Crippen LogP contribution in [0.3, 0.4) is 0 Å². The Labute approximate surface area is 126 Å². The van der Waals surface area contributed by atoms with Crippen LogP contribution in [0, 0.1) is 0 Å². The Hall–Kier alpha value is -1.65. The Bertz CT molecular complexity index is 426. The molecular weight excluding hydrogens is 264 g/mol. The van der Waals surface area contributed by atoms with Crippen LogP contribution in [0.4, 0.5) is 5.82 Å². The Morgan fingerprint density at radius 1 is 1.19 bits per heavy atom. The third-order valence-electron chi connectivity index (χ3n) is 3.92. The van der Waals surface area contributed by atoms with Crippen molar-refractivity contribution in [1.82, 2.24) is 15.5 Å². The Morgan fingerprint density at radius 3 is 2.67 bits per heavy atom. The van der Waals surface area contributed by atoms with Gasteiger partial charge in [0.15, 0.2) is 5.69 Å². The second-order valence-electron chi connectivity index (χ2n) is 5.75. The third kappa shape index (κ3) is 5.33. The van der Waals surface area contributed by atoms with Crippen LogP contribution in [0.1, 0.15) is 68.8 Å². The topological polar surface area (TPSA) is 66.9 Å². The number of amides is 1. The first-order chi connectivity index (χ1) is 10.3. The average Bonchev–Trinajstić information content (AvgIpc) is 2.53. The van der Waals surface area contributed by atoms with E-state index in [1.807, 2.05) is 6.07 Å². The lowest BCUT2D eigenvalue weighted by molar-refractivity contribution is 0.0921. The number of nitrogens with one attached hydrogen (secondary N) is 2. The number of carbonyl (C=O) groups is 1. The normalized spacial score (nSPS) is 15.7. The van der Waals surface area contributed by atoms with E-state index in [9.17, 15) is 4.79 Å². The van der Waals surface area contributed by atoms with Crippen molar-refractivity contribution in [3.63, 3.8) is 0 Å². The molecule has 5 nitrogen and oxygen atoms in total. The van der Waals surface area contributed by atoms with Crippen molar-refractivity contribution in [3.05, 3.63) is 17.8 Å². The van der Waals surface area contributed by atoms with Crippen molar-refractivity contribution in [2.75, 3.05) is 11.9 Å². The van der Waals surface area contributed by atoms with E-state index in [1.54, 1.807) is 6.07 Å². The number of nitrogens with zero attached hydrogens (tertiary/aromatic N) is 2. The van der Waals surface area contributed by atoms with E-state index in [-0.39, 0.29) is 5.91 Å². The highest BCUT2D eigenvalue weighted by Gasteiger charge is 2.17. The monoisotopic (exact) mass is 290 g/mol. The number of hydrogen-bond donors (Lipinski definition) is 2. The van der Waals surface area contributed by atoms with Gasteiger partial charge in [-0.3, -0.25) is 4.79 Å². The zero-order valence-corrected chi connectivity index (χ0v) is 12.9. The zero-order chi connectivity index (χ0) is 14.9. The first kappa shape index (κ1) is 15.7. The molecule has 2 rings (SSSR count). The minimum Gasteiger partial charge on any atom is -0.369 e. The maximum Gasteiger partial charge on any atom is 0.272 e. The number of anilines is 1. The summed E-state index contributed by atoms with van der Waals surface area (Å²) in [7, 11) is 0. The predicted octanol–water partition coefficient (Wildman–Crippen LogP) is 3.14. The number of rotatable bonds is 7. The van der Waals surface area contributed by atoms with Gasteiger partial charge in [0.2, 0.25) is 0 Å². The summed E-state index contributed by atoms with van der Waals surface area (Å²) in [4.78, 5) is 12.1. The summed E-state index contributed by atoms with van der Waals surface area (Å²) in [6, 6.07) is 3.88. The van der Waals surface area contributed by atoms with Gasteiger partial charge in [-0.15, -0.1) is 10.2 Å². The smallest absolute Gasteiger partial charge is 0.272 e. The van der Waals surface area contributed by atoms with E-state index in [4.69, 9.17) is 0 Å². The lowest BCUT2D eigenvalue weighted by Crippen LogP contribution is -2.36. The fourth-order valence-corrected chi connectivity index (χ4v) is 2.65. The average molecular weight is 290 g/mol. The molecule has 2 N–H and O–H groups in total. The highest BCUT2D eigenvalue weighted by molar-refractivity contribution is 5.92. The number of hydrogen-bond acceptors (Lipinski definition) is 4. The van der Waals surface area contributed by atoms with Crippen molar-refractivity contribution in [3.8, 4) is 0 Å². The van der Waals surface area contributed by atoms with Gasteiger partial charge < -0.3 is 10.6 Å². The molecule has 1 aliphatic rings. The van der Waals surface area contributed by atoms with Gasteiger partial charge >= 0.3 is 0 Å². The van der Waals surface area contributed by atoms with Crippen LogP contribution >= 0.6 is 0 Å². The standard InChI is InChI=1S/C16H26N4O/c1-2-3-7-12-17-15-11-10-14(19-20-15)16(21)18-13-8-5-4-6-9-13/h10-11,13H,2-9,12H2,1H3,(H,17,20)(H,18,21). The fourth-order valence-electron chi connectivity index (χ4n) is 2.65. The molecule has 0 unspecified atom stereocenters. The highest BCUT2D eigenvalue weighted by Crippen LogP contribution is 2.17. The van der Waals surface area contributed by atoms with E-state index in [0.29, 0.717) is 11.7 Å². The summed E-state index contributed by atoms with van der Waals surface area (Å²) < 4.78 is 0. The van der Waals surface area contributed by atoms with E-state index < -0.39 is 0 Å². The van der Waals surface area contributed by atoms with Crippen molar-refractivity contribution >= 4 is 11.7 Å². The van der Waals surface area contributed by atoms with Crippen molar-refractivity contribution in [1.29, 1.82) is 0 Å². The van der Waals surface area contributed by atoms with Crippen molar-refractivity contribution in [2.24, 2.45) is 0 Å². The zero-order valence-electron chi connectivity index (χ0n) is 12.9. The minimum absolute atomic E-state index is 0.105. The van der Waals surface area contributed by atoms with Crippen LogP contribution in [-0.2, 0) is 0 Å². The van der Waals surface area contributed by atoms with Gasteiger partial charge in [-0.2, -0.15) is 0 Å². The molecule has 0 bridgehead atoms. The molecule has 21 heavy (non-hydrogen) atoms. The Morgan fingerprint density at radius 2 is 2.00 bits per heavy atom. The van der Waals surface area contributed by atoms with Crippen LogP contribution in [0.2, 0.25) is 0 Å². The van der Waals surface area contributed by atoms with Crippen LogP contribution < -0.4 is 10.6 Å². The highest BCUT2D eigenvalue weighted by atomic mass is 16.2. The van der Waals surface area contributed by atoms with E-state index >= 15 is 0 Å².